The molecule has 148 valence electrons. The maximum atomic E-state index is 6.51. The van der Waals surface area contributed by atoms with Crippen LogP contribution in [0.3, 0.4) is 0 Å². The molecule has 0 bridgehead atoms. The molecule has 0 aliphatic heterocycles. The first-order valence-corrected chi connectivity index (χ1v) is 10.4. The first-order valence-electron chi connectivity index (χ1n) is 9.18. The van der Waals surface area contributed by atoms with Crippen molar-refractivity contribution in [3.05, 3.63) is 69.4 Å². The number of halogens is 1. The van der Waals surface area contributed by atoms with Crippen molar-refractivity contribution in [2.45, 2.75) is 20.1 Å². The molecule has 6 heteroatoms. The third-order valence-electron chi connectivity index (χ3n) is 4.19. The van der Waals surface area contributed by atoms with Crippen LogP contribution < -0.4 is 19.7 Å². The van der Waals surface area contributed by atoms with Crippen molar-refractivity contribution in [1.29, 1.82) is 0 Å². The van der Waals surface area contributed by atoms with Crippen molar-refractivity contribution in [2.75, 3.05) is 30.9 Å². The van der Waals surface area contributed by atoms with Crippen molar-refractivity contribution < 1.29 is 9.47 Å². The molecule has 4 nitrogen and oxygen atoms in total. The highest BCUT2D eigenvalue weighted by Gasteiger charge is 2.13. The maximum absolute atomic E-state index is 6.51. The molecule has 1 heterocycles. The van der Waals surface area contributed by atoms with Gasteiger partial charge in [0.05, 0.1) is 11.6 Å². The van der Waals surface area contributed by atoms with Gasteiger partial charge in [0, 0.05) is 36.9 Å². The van der Waals surface area contributed by atoms with Gasteiger partial charge < -0.3 is 19.7 Å². The summed E-state index contributed by atoms with van der Waals surface area (Å²) in [5, 5.41) is 6.01. The van der Waals surface area contributed by atoms with Gasteiger partial charge >= 0.3 is 0 Å². The highest BCUT2D eigenvalue weighted by molar-refractivity contribution is 7.09. The van der Waals surface area contributed by atoms with Crippen molar-refractivity contribution in [1.82, 2.24) is 0 Å². The lowest BCUT2D eigenvalue weighted by atomic mass is 10.2. The third kappa shape index (κ3) is 5.33. The van der Waals surface area contributed by atoms with Crippen LogP contribution in [-0.4, -0.2) is 20.7 Å². The van der Waals surface area contributed by atoms with E-state index >= 15 is 0 Å². The molecule has 1 aromatic heterocycles. The topological polar surface area (TPSA) is 33.7 Å². The van der Waals surface area contributed by atoms with E-state index in [0.29, 0.717) is 36.3 Å². The van der Waals surface area contributed by atoms with Crippen molar-refractivity contribution >= 4 is 34.3 Å². The quantitative estimate of drug-likeness (QED) is 0.459. The zero-order valence-electron chi connectivity index (χ0n) is 16.4. The minimum absolute atomic E-state index is 0.479. The number of anilines is 2. The van der Waals surface area contributed by atoms with Crippen LogP contribution in [0.25, 0.3) is 0 Å². The largest absolute Gasteiger partial charge is 0.490 e. The Labute approximate surface area is 175 Å². The SMILES string of the molecule is CCOc1cc(CNc2ccc(N(C)C)cc2)cc(Cl)c1OCc1cccs1. The number of thiophene rings is 1. The molecule has 0 saturated carbocycles. The molecule has 0 unspecified atom stereocenters. The van der Waals surface area contributed by atoms with E-state index in [2.05, 4.69) is 34.5 Å². The fourth-order valence-electron chi connectivity index (χ4n) is 2.75. The fraction of sp³-hybridized carbons (Fsp3) is 0.273. The number of hydrogen-bond donors (Lipinski definition) is 1. The summed E-state index contributed by atoms with van der Waals surface area (Å²) in [7, 11) is 4.06. The molecule has 28 heavy (non-hydrogen) atoms. The Bertz CT molecular complexity index is 880. The predicted octanol–water partition coefficient (Wildman–Crippen LogP) is 6.06. The summed E-state index contributed by atoms with van der Waals surface area (Å²) in [6.45, 7) is 3.63. The summed E-state index contributed by atoms with van der Waals surface area (Å²) in [5.74, 6) is 1.27. The highest BCUT2D eigenvalue weighted by atomic mass is 35.5. The van der Waals surface area contributed by atoms with Crippen LogP contribution in [0.2, 0.25) is 5.02 Å². The summed E-state index contributed by atoms with van der Waals surface area (Å²) in [5.41, 5.74) is 3.26. The standard InChI is InChI=1S/C22H25ClN2O2S/c1-4-26-21-13-16(14-24-17-7-9-18(10-8-17)25(2)3)12-20(23)22(21)27-15-19-6-5-11-28-19/h5-13,24H,4,14-15H2,1-3H3. The minimum atomic E-state index is 0.479. The molecule has 3 rings (SSSR count). The van der Waals surface area contributed by atoms with Gasteiger partial charge in [-0.25, -0.2) is 0 Å². The number of nitrogens with zero attached hydrogens (tertiary/aromatic N) is 1. The van der Waals surface area contributed by atoms with Crippen molar-refractivity contribution in [2.24, 2.45) is 0 Å². The Balaban J connectivity index is 1.70. The van der Waals surface area contributed by atoms with Crippen LogP contribution in [0.15, 0.2) is 53.9 Å². The molecular weight excluding hydrogens is 392 g/mol. The first kappa shape index (κ1) is 20.4. The second-order valence-electron chi connectivity index (χ2n) is 6.50. The van der Waals surface area contributed by atoms with Gasteiger partial charge in [-0.1, -0.05) is 17.7 Å². The molecule has 0 aliphatic carbocycles. The van der Waals surface area contributed by atoms with E-state index in [1.807, 2.05) is 50.7 Å². The average molecular weight is 417 g/mol. The molecule has 2 aromatic carbocycles. The number of rotatable bonds is 9. The minimum Gasteiger partial charge on any atom is -0.490 e. The lowest BCUT2D eigenvalue weighted by molar-refractivity contribution is 0.271. The summed E-state index contributed by atoms with van der Waals surface area (Å²) in [4.78, 5) is 3.22. The monoisotopic (exact) mass is 416 g/mol. The Morgan fingerprint density at radius 1 is 1.07 bits per heavy atom. The van der Waals surface area contributed by atoms with Gasteiger partial charge in [0.15, 0.2) is 11.5 Å². The van der Waals surface area contributed by atoms with Crippen molar-refractivity contribution in [3.8, 4) is 11.5 Å². The number of nitrogens with one attached hydrogen (secondary N) is 1. The molecule has 3 aromatic rings. The molecule has 0 fully saturated rings. The smallest absolute Gasteiger partial charge is 0.180 e. The second-order valence-corrected chi connectivity index (χ2v) is 7.94. The van der Waals surface area contributed by atoms with Gasteiger partial charge in [-0.3, -0.25) is 0 Å². The van der Waals surface area contributed by atoms with Gasteiger partial charge in [-0.2, -0.15) is 0 Å². The summed E-state index contributed by atoms with van der Waals surface area (Å²) in [6.07, 6.45) is 0. The molecule has 0 atom stereocenters. The van der Waals surface area contributed by atoms with Crippen LogP contribution in [0.4, 0.5) is 11.4 Å². The zero-order chi connectivity index (χ0) is 19.9. The van der Waals surface area contributed by atoms with Crippen LogP contribution in [0, 0.1) is 0 Å². The molecular formula is C22H25ClN2O2S. The summed E-state index contributed by atoms with van der Waals surface area (Å²) in [6, 6.07) is 16.3. The summed E-state index contributed by atoms with van der Waals surface area (Å²) >= 11 is 8.17. The van der Waals surface area contributed by atoms with E-state index in [1.54, 1.807) is 11.3 Å². The number of benzene rings is 2. The molecule has 0 spiro atoms. The third-order valence-corrected chi connectivity index (χ3v) is 5.32. The Morgan fingerprint density at radius 2 is 1.86 bits per heavy atom. The van der Waals surface area contributed by atoms with Crippen LogP contribution in [0.5, 0.6) is 11.5 Å². The average Bonchev–Trinajstić information content (AvgIpc) is 3.20. The lowest BCUT2D eigenvalue weighted by Crippen LogP contribution is -2.08. The Hall–Kier alpha value is -2.37. The lowest BCUT2D eigenvalue weighted by Gasteiger charge is -2.16. The van der Waals surface area contributed by atoms with Gasteiger partial charge in [-0.15, -0.1) is 11.3 Å². The Kier molecular flexibility index (Phi) is 7.06. The predicted molar refractivity (Wildman–Crippen MR) is 119 cm³/mol. The molecule has 0 amide bonds. The molecule has 1 N–H and O–H groups in total. The van der Waals surface area contributed by atoms with Crippen LogP contribution in [-0.2, 0) is 13.2 Å². The van der Waals surface area contributed by atoms with Gasteiger partial charge in [-0.05, 0) is 60.3 Å². The van der Waals surface area contributed by atoms with Crippen LogP contribution in [0.1, 0.15) is 17.4 Å². The molecule has 0 radical (unpaired) electrons. The number of ether oxygens (including phenoxy) is 2. The molecule has 0 aliphatic rings. The fourth-order valence-corrected chi connectivity index (χ4v) is 3.65. The maximum Gasteiger partial charge on any atom is 0.180 e. The van der Waals surface area contributed by atoms with E-state index in [1.165, 1.54) is 5.69 Å². The van der Waals surface area contributed by atoms with Gasteiger partial charge in [0.2, 0.25) is 0 Å². The van der Waals surface area contributed by atoms with Crippen molar-refractivity contribution in [3.63, 3.8) is 0 Å². The van der Waals surface area contributed by atoms with E-state index in [0.717, 1.165) is 16.1 Å². The van der Waals surface area contributed by atoms with Gasteiger partial charge in [0.1, 0.15) is 6.61 Å². The van der Waals surface area contributed by atoms with E-state index < -0.39 is 0 Å². The Morgan fingerprint density at radius 3 is 2.50 bits per heavy atom. The van der Waals surface area contributed by atoms with Crippen LogP contribution >= 0.6 is 22.9 Å². The first-order chi connectivity index (χ1) is 13.6. The number of hydrogen-bond acceptors (Lipinski definition) is 5. The normalized spacial score (nSPS) is 10.6. The van der Waals surface area contributed by atoms with E-state index in [9.17, 15) is 0 Å². The van der Waals surface area contributed by atoms with Gasteiger partial charge in [0.25, 0.3) is 0 Å². The van der Waals surface area contributed by atoms with E-state index in [4.69, 9.17) is 21.1 Å². The summed E-state index contributed by atoms with van der Waals surface area (Å²) < 4.78 is 11.7. The zero-order valence-corrected chi connectivity index (χ0v) is 17.9. The highest BCUT2D eigenvalue weighted by Crippen LogP contribution is 2.37. The van der Waals surface area contributed by atoms with E-state index in [-0.39, 0.29) is 0 Å². The molecule has 0 saturated heterocycles. The second kappa shape index (κ2) is 9.71.